The fourth-order valence-electron chi connectivity index (χ4n) is 3.40. The van der Waals surface area contributed by atoms with Crippen LogP contribution in [0.1, 0.15) is 11.1 Å². The molecule has 1 saturated heterocycles. The molecule has 1 aromatic rings. The molecule has 0 bridgehead atoms. The Kier molecular flexibility index (Phi) is 3.50. The van der Waals surface area contributed by atoms with Crippen LogP contribution in [0.15, 0.2) is 24.3 Å². The van der Waals surface area contributed by atoms with Crippen molar-refractivity contribution in [2.45, 2.75) is 12.7 Å². The molecule has 3 rings (SSSR count). The molecule has 1 heterocycles. The van der Waals surface area contributed by atoms with Crippen LogP contribution in [0, 0.1) is 17.8 Å². The van der Waals surface area contributed by atoms with Crippen LogP contribution in [0.2, 0.25) is 0 Å². The number of likely N-dealkylation sites (tertiary alicyclic amines) is 1. The molecule has 1 aliphatic heterocycles. The monoisotopic (exact) mass is 284 g/mol. The summed E-state index contributed by atoms with van der Waals surface area (Å²) in [6, 6.07) is 5.56. The third-order valence-corrected chi connectivity index (χ3v) is 4.52. The van der Waals surface area contributed by atoms with E-state index >= 15 is 0 Å². The molecule has 2 fully saturated rings. The highest BCUT2D eigenvalue weighted by molar-refractivity contribution is 5.25. The number of fused-ring (bicyclic) bond motifs is 1. The molecule has 1 aliphatic carbocycles. The smallest absolute Gasteiger partial charge is 0.312 e. The predicted molar refractivity (Wildman–Crippen MR) is 71.1 cm³/mol. The Morgan fingerprint density at radius 3 is 2.60 bits per heavy atom. The van der Waals surface area contributed by atoms with Gasteiger partial charge in [-0.1, -0.05) is 18.2 Å². The maximum Gasteiger partial charge on any atom is 0.416 e. The molecule has 2 nitrogen and oxygen atoms in total. The first kappa shape index (κ1) is 13.9. The quantitative estimate of drug-likeness (QED) is 0.914. The third-order valence-electron chi connectivity index (χ3n) is 4.52. The van der Waals surface area contributed by atoms with Gasteiger partial charge < -0.3 is 10.2 Å². The summed E-state index contributed by atoms with van der Waals surface area (Å²) in [7, 11) is 2.14. The van der Waals surface area contributed by atoms with Crippen molar-refractivity contribution >= 4 is 0 Å². The fraction of sp³-hybridized carbons (Fsp3) is 0.600. The second kappa shape index (κ2) is 5.04. The van der Waals surface area contributed by atoms with Crippen molar-refractivity contribution < 1.29 is 13.2 Å². The van der Waals surface area contributed by atoms with E-state index in [9.17, 15) is 13.2 Å². The molecule has 0 spiro atoms. The summed E-state index contributed by atoms with van der Waals surface area (Å²) >= 11 is 0. The van der Waals surface area contributed by atoms with E-state index in [1.807, 2.05) is 0 Å². The van der Waals surface area contributed by atoms with Crippen LogP contribution in [0.4, 0.5) is 13.2 Å². The Bertz CT molecular complexity index is 474. The van der Waals surface area contributed by atoms with E-state index in [1.165, 1.54) is 25.2 Å². The predicted octanol–water partition coefficient (Wildman–Crippen LogP) is 2.60. The molecule has 1 saturated carbocycles. The van der Waals surface area contributed by atoms with E-state index < -0.39 is 11.7 Å². The molecule has 110 valence electrons. The second-order valence-electron chi connectivity index (χ2n) is 6.04. The van der Waals surface area contributed by atoms with Crippen LogP contribution in [0.25, 0.3) is 0 Å². The highest BCUT2D eigenvalue weighted by atomic mass is 19.4. The van der Waals surface area contributed by atoms with Crippen molar-refractivity contribution in [1.29, 1.82) is 0 Å². The molecule has 0 aromatic heterocycles. The summed E-state index contributed by atoms with van der Waals surface area (Å²) in [5.74, 6) is 2.32. The van der Waals surface area contributed by atoms with Gasteiger partial charge in [0.2, 0.25) is 0 Å². The standard InChI is InChI=1S/C15H19F3N2/c1-20-8-13-12(14(13)9-20)7-19-6-10-3-2-4-11(5-10)15(16,17)18/h2-5,12-14,19H,6-9H2,1H3. The molecular formula is C15H19F3N2. The zero-order valence-corrected chi connectivity index (χ0v) is 11.5. The summed E-state index contributed by atoms with van der Waals surface area (Å²) in [4.78, 5) is 2.35. The highest BCUT2D eigenvalue weighted by Crippen LogP contribution is 2.50. The van der Waals surface area contributed by atoms with Crippen molar-refractivity contribution in [3.05, 3.63) is 35.4 Å². The Morgan fingerprint density at radius 2 is 1.95 bits per heavy atom. The van der Waals surface area contributed by atoms with Crippen LogP contribution in [0.3, 0.4) is 0 Å². The van der Waals surface area contributed by atoms with Crippen LogP contribution in [0.5, 0.6) is 0 Å². The number of alkyl halides is 3. The van der Waals surface area contributed by atoms with E-state index in [0.29, 0.717) is 12.1 Å². The zero-order chi connectivity index (χ0) is 14.3. The Balaban J connectivity index is 1.48. The topological polar surface area (TPSA) is 15.3 Å². The molecule has 0 radical (unpaired) electrons. The van der Waals surface area contributed by atoms with Gasteiger partial charge >= 0.3 is 6.18 Å². The molecule has 20 heavy (non-hydrogen) atoms. The number of nitrogens with one attached hydrogen (secondary N) is 1. The van der Waals surface area contributed by atoms with Crippen LogP contribution in [-0.2, 0) is 12.7 Å². The average molecular weight is 284 g/mol. The van der Waals surface area contributed by atoms with Crippen molar-refractivity contribution in [2.24, 2.45) is 17.8 Å². The van der Waals surface area contributed by atoms with Gasteiger partial charge in [-0.3, -0.25) is 0 Å². The van der Waals surface area contributed by atoms with Gasteiger partial charge in [0.05, 0.1) is 5.56 Å². The van der Waals surface area contributed by atoms with E-state index in [-0.39, 0.29) is 0 Å². The minimum atomic E-state index is -4.26. The number of rotatable bonds is 4. The van der Waals surface area contributed by atoms with Gasteiger partial charge in [0.25, 0.3) is 0 Å². The number of benzene rings is 1. The fourth-order valence-corrected chi connectivity index (χ4v) is 3.40. The van der Waals surface area contributed by atoms with E-state index in [2.05, 4.69) is 17.3 Å². The molecule has 2 unspecified atom stereocenters. The summed E-state index contributed by atoms with van der Waals surface area (Å²) in [5.41, 5.74) is 0.129. The number of halogens is 3. The Morgan fingerprint density at radius 1 is 1.25 bits per heavy atom. The average Bonchev–Trinajstić information content (AvgIpc) is 2.84. The van der Waals surface area contributed by atoms with E-state index in [1.54, 1.807) is 6.07 Å². The van der Waals surface area contributed by atoms with Crippen LogP contribution in [-0.4, -0.2) is 31.6 Å². The lowest BCUT2D eigenvalue weighted by atomic mass is 10.1. The molecular weight excluding hydrogens is 265 g/mol. The molecule has 0 amide bonds. The largest absolute Gasteiger partial charge is 0.416 e. The lowest BCUT2D eigenvalue weighted by Crippen LogP contribution is -2.24. The molecule has 2 aliphatic rings. The summed E-state index contributed by atoms with van der Waals surface area (Å²) in [5, 5.41) is 3.30. The first-order valence-electron chi connectivity index (χ1n) is 7.00. The van der Waals surface area contributed by atoms with Crippen molar-refractivity contribution in [2.75, 3.05) is 26.7 Å². The Hall–Kier alpha value is -1.07. The molecule has 2 atom stereocenters. The second-order valence-corrected chi connectivity index (χ2v) is 6.04. The summed E-state index contributed by atoms with van der Waals surface area (Å²) in [6.45, 7) is 3.76. The van der Waals surface area contributed by atoms with E-state index in [0.717, 1.165) is 30.4 Å². The highest BCUT2D eigenvalue weighted by Gasteiger charge is 2.53. The normalized spacial score (nSPS) is 29.5. The summed E-state index contributed by atoms with van der Waals surface area (Å²) < 4.78 is 37.8. The molecule has 1 N–H and O–H groups in total. The van der Waals surface area contributed by atoms with Gasteiger partial charge in [-0.15, -0.1) is 0 Å². The zero-order valence-electron chi connectivity index (χ0n) is 11.5. The van der Waals surface area contributed by atoms with Crippen LogP contribution >= 0.6 is 0 Å². The lowest BCUT2D eigenvalue weighted by Gasteiger charge is -2.13. The number of hydrogen-bond donors (Lipinski definition) is 1. The summed E-state index contributed by atoms with van der Waals surface area (Å²) in [6.07, 6.45) is -4.26. The number of nitrogens with zero attached hydrogens (tertiary/aromatic N) is 1. The van der Waals surface area contributed by atoms with Crippen molar-refractivity contribution in [3.8, 4) is 0 Å². The van der Waals surface area contributed by atoms with Crippen LogP contribution < -0.4 is 5.32 Å². The lowest BCUT2D eigenvalue weighted by molar-refractivity contribution is -0.137. The molecule has 5 heteroatoms. The van der Waals surface area contributed by atoms with Gasteiger partial charge in [-0.05, 0) is 43.0 Å². The first-order chi connectivity index (χ1) is 9.45. The number of piperidine rings is 1. The third kappa shape index (κ3) is 2.83. The van der Waals surface area contributed by atoms with Crippen molar-refractivity contribution in [3.63, 3.8) is 0 Å². The minimum absolute atomic E-state index is 0.510. The van der Waals surface area contributed by atoms with Gasteiger partial charge in [0.1, 0.15) is 0 Å². The Labute approximate surface area is 117 Å². The molecule has 1 aromatic carbocycles. The maximum atomic E-state index is 12.6. The van der Waals surface area contributed by atoms with Gasteiger partial charge in [-0.2, -0.15) is 13.2 Å². The van der Waals surface area contributed by atoms with Gasteiger partial charge in [0.15, 0.2) is 0 Å². The van der Waals surface area contributed by atoms with Gasteiger partial charge in [0, 0.05) is 19.6 Å². The van der Waals surface area contributed by atoms with E-state index in [4.69, 9.17) is 0 Å². The number of hydrogen-bond acceptors (Lipinski definition) is 2. The SMILES string of the molecule is CN1CC2C(CNCc3cccc(C(F)(F)F)c3)C2C1. The maximum absolute atomic E-state index is 12.6. The van der Waals surface area contributed by atoms with Gasteiger partial charge in [-0.25, -0.2) is 0 Å². The minimum Gasteiger partial charge on any atom is -0.312 e. The first-order valence-corrected chi connectivity index (χ1v) is 7.00. The van der Waals surface area contributed by atoms with Crippen molar-refractivity contribution in [1.82, 2.24) is 10.2 Å².